The van der Waals surface area contributed by atoms with E-state index in [2.05, 4.69) is 45.0 Å². The van der Waals surface area contributed by atoms with E-state index in [0.29, 0.717) is 11.2 Å². The number of methoxy groups -OCH3 is 1. The molecule has 1 aliphatic heterocycles. The van der Waals surface area contributed by atoms with Gasteiger partial charge in [0.2, 0.25) is 0 Å². The molecule has 2 heterocycles. The quantitative estimate of drug-likeness (QED) is 0.739. The average molecular weight is 391 g/mol. The molecule has 7 heteroatoms. The van der Waals surface area contributed by atoms with Crippen LogP contribution in [-0.4, -0.2) is 61.8 Å². The smallest absolute Gasteiger partial charge is 0.170 e. The van der Waals surface area contributed by atoms with E-state index in [0.717, 1.165) is 44.2 Å². The molecule has 140 valence electrons. The molecule has 1 aromatic carbocycles. The standard InChI is InChI=1S/C19H26N4OS2/c1-22-8-10-23(11-9-22)17(18-7-4-12-26-18)14-20-19(25)21-15-5-3-6-16(13-15)24-2/h3-7,12-13,17H,8-11,14H2,1-2H3,(H2,20,21,25)/t17-/m1/s1. The van der Waals surface area contributed by atoms with Crippen LogP contribution < -0.4 is 15.4 Å². The highest BCUT2D eigenvalue weighted by Crippen LogP contribution is 2.25. The molecule has 0 bridgehead atoms. The van der Waals surface area contributed by atoms with Crippen LogP contribution in [0.5, 0.6) is 5.75 Å². The van der Waals surface area contributed by atoms with Gasteiger partial charge in [0.05, 0.1) is 13.2 Å². The van der Waals surface area contributed by atoms with E-state index in [1.165, 1.54) is 4.88 Å². The van der Waals surface area contributed by atoms with Gasteiger partial charge in [0.1, 0.15) is 5.75 Å². The molecule has 1 atom stereocenters. The first-order valence-corrected chi connectivity index (χ1v) is 10.1. The summed E-state index contributed by atoms with van der Waals surface area (Å²) in [6.07, 6.45) is 0. The Kier molecular flexibility index (Phi) is 6.85. The highest BCUT2D eigenvalue weighted by molar-refractivity contribution is 7.80. The molecule has 1 aliphatic rings. The van der Waals surface area contributed by atoms with E-state index in [1.54, 1.807) is 7.11 Å². The molecule has 1 saturated heterocycles. The maximum Gasteiger partial charge on any atom is 0.170 e. The minimum absolute atomic E-state index is 0.341. The first-order chi connectivity index (χ1) is 12.7. The van der Waals surface area contributed by atoms with E-state index >= 15 is 0 Å². The number of piperazine rings is 1. The number of hydrogen-bond donors (Lipinski definition) is 2. The van der Waals surface area contributed by atoms with Gasteiger partial charge in [-0.1, -0.05) is 12.1 Å². The van der Waals surface area contributed by atoms with Crippen molar-refractivity contribution in [2.24, 2.45) is 0 Å². The molecule has 2 aromatic rings. The number of rotatable bonds is 6. The number of ether oxygens (including phenoxy) is 1. The van der Waals surface area contributed by atoms with Gasteiger partial charge in [0.15, 0.2) is 5.11 Å². The lowest BCUT2D eigenvalue weighted by Crippen LogP contribution is -2.48. The minimum Gasteiger partial charge on any atom is -0.497 e. The minimum atomic E-state index is 0.341. The zero-order valence-electron chi connectivity index (χ0n) is 15.3. The molecule has 5 nitrogen and oxygen atoms in total. The lowest BCUT2D eigenvalue weighted by Gasteiger charge is -2.37. The van der Waals surface area contributed by atoms with Crippen LogP contribution >= 0.6 is 23.6 Å². The summed E-state index contributed by atoms with van der Waals surface area (Å²) < 4.78 is 5.26. The lowest BCUT2D eigenvalue weighted by molar-refractivity contribution is 0.114. The molecule has 2 N–H and O–H groups in total. The van der Waals surface area contributed by atoms with Crippen molar-refractivity contribution in [2.75, 3.05) is 52.2 Å². The Morgan fingerprint density at radius 3 is 2.73 bits per heavy atom. The van der Waals surface area contributed by atoms with Crippen LogP contribution in [0.2, 0.25) is 0 Å². The third-order valence-corrected chi connectivity index (χ3v) is 5.85. The molecule has 3 rings (SSSR count). The van der Waals surface area contributed by atoms with Crippen LogP contribution in [-0.2, 0) is 0 Å². The van der Waals surface area contributed by atoms with Gasteiger partial charge in [0.25, 0.3) is 0 Å². The molecule has 26 heavy (non-hydrogen) atoms. The fourth-order valence-electron chi connectivity index (χ4n) is 3.09. The molecule has 0 amide bonds. The second-order valence-corrected chi connectivity index (χ2v) is 7.82. The zero-order chi connectivity index (χ0) is 18.4. The van der Waals surface area contributed by atoms with Crippen molar-refractivity contribution in [3.05, 3.63) is 46.7 Å². The molecule has 0 saturated carbocycles. The Balaban J connectivity index is 1.59. The summed E-state index contributed by atoms with van der Waals surface area (Å²) in [5.74, 6) is 0.812. The Labute approximate surface area is 164 Å². The van der Waals surface area contributed by atoms with Crippen molar-refractivity contribution in [1.29, 1.82) is 0 Å². The van der Waals surface area contributed by atoms with Gasteiger partial charge in [-0.2, -0.15) is 0 Å². The second kappa shape index (κ2) is 9.32. The fraction of sp³-hybridized carbons (Fsp3) is 0.421. The number of benzene rings is 1. The predicted octanol–water partition coefficient (Wildman–Crippen LogP) is 3.03. The lowest BCUT2D eigenvalue weighted by atomic mass is 10.1. The summed E-state index contributed by atoms with van der Waals surface area (Å²) in [5.41, 5.74) is 0.925. The molecule has 1 fully saturated rings. The van der Waals surface area contributed by atoms with Gasteiger partial charge in [-0.15, -0.1) is 11.3 Å². The van der Waals surface area contributed by atoms with Gasteiger partial charge in [-0.05, 0) is 42.8 Å². The number of nitrogens with zero attached hydrogens (tertiary/aromatic N) is 2. The Morgan fingerprint density at radius 2 is 2.04 bits per heavy atom. The van der Waals surface area contributed by atoms with Crippen LogP contribution in [0.4, 0.5) is 5.69 Å². The van der Waals surface area contributed by atoms with Gasteiger partial charge in [-0.3, -0.25) is 4.90 Å². The predicted molar refractivity (Wildman–Crippen MR) is 113 cm³/mol. The molecular weight excluding hydrogens is 364 g/mol. The largest absolute Gasteiger partial charge is 0.497 e. The summed E-state index contributed by atoms with van der Waals surface area (Å²) in [7, 11) is 3.85. The van der Waals surface area contributed by atoms with Crippen LogP contribution in [0, 0.1) is 0 Å². The Morgan fingerprint density at radius 1 is 1.23 bits per heavy atom. The first-order valence-electron chi connectivity index (χ1n) is 8.80. The summed E-state index contributed by atoms with van der Waals surface area (Å²) in [4.78, 5) is 6.31. The van der Waals surface area contributed by atoms with Crippen LogP contribution in [0.25, 0.3) is 0 Å². The number of thiophene rings is 1. The van der Waals surface area contributed by atoms with Crippen molar-refractivity contribution < 1.29 is 4.74 Å². The van der Waals surface area contributed by atoms with Crippen molar-refractivity contribution >= 4 is 34.4 Å². The first kappa shape index (κ1) is 19.1. The highest BCUT2D eigenvalue weighted by Gasteiger charge is 2.24. The van der Waals surface area contributed by atoms with Crippen LogP contribution in [0.15, 0.2) is 41.8 Å². The molecule has 0 spiro atoms. The van der Waals surface area contributed by atoms with Gasteiger partial charge in [-0.25, -0.2) is 0 Å². The van der Waals surface area contributed by atoms with E-state index < -0.39 is 0 Å². The topological polar surface area (TPSA) is 39.8 Å². The number of thiocarbonyl (C=S) groups is 1. The summed E-state index contributed by atoms with van der Waals surface area (Å²) in [6.45, 7) is 5.16. The Bertz CT molecular complexity index is 699. The Hall–Kier alpha value is -1.67. The van der Waals surface area contributed by atoms with Crippen LogP contribution in [0.3, 0.4) is 0 Å². The molecular formula is C19H26N4OS2. The van der Waals surface area contributed by atoms with Gasteiger partial charge in [0, 0.05) is 49.4 Å². The van der Waals surface area contributed by atoms with E-state index in [1.807, 2.05) is 35.6 Å². The number of anilines is 1. The summed E-state index contributed by atoms with van der Waals surface area (Å²) in [5, 5.41) is 9.42. The van der Waals surface area contributed by atoms with Gasteiger partial charge >= 0.3 is 0 Å². The normalized spacial score (nSPS) is 16.8. The van der Waals surface area contributed by atoms with E-state index in [9.17, 15) is 0 Å². The van der Waals surface area contributed by atoms with Crippen molar-refractivity contribution in [2.45, 2.75) is 6.04 Å². The number of hydrogen-bond acceptors (Lipinski definition) is 5. The molecule has 0 aliphatic carbocycles. The van der Waals surface area contributed by atoms with Crippen molar-refractivity contribution in [3.8, 4) is 5.75 Å². The van der Waals surface area contributed by atoms with E-state index in [-0.39, 0.29) is 0 Å². The summed E-state index contributed by atoms with van der Waals surface area (Å²) in [6, 6.07) is 12.5. The van der Waals surface area contributed by atoms with Crippen molar-refractivity contribution in [1.82, 2.24) is 15.1 Å². The van der Waals surface area contributed by atoms with E-state index in [4.69, 9.17) is 17.0 Å². The average Bonchev–Trinajstić information content (AvgIpc) is 3.18. The SMILES string of the molecule is COc1cccc(NC(=S)NC[C@H](c2cccs2)N2CCN(C)CC2)c1. The number of likely N-dealkylation sites (N-methyl/N-ethyl adjacent to an activating group) is 1. The number of nitrogens with one attached hydrogen (secondary N) is 2. The fourth-order valence-corrected chi connectivity index (χ4v) is 4.15. The third kappa shape index (κ3) is 5.17. The van der Waals surface area contributed by atoms with Crippen LogP contribution in [0.1, 0.15) is 10.9 Å². The van der Waals surface area contributed by atoms with Crippen molar-refractivity contribution in [3.63, 3.8) is 0 Å². The molecule has 0 radical (unpaired) electrons. The highest BCUT2D eigenvalue weighted by atomic mass is 32.1. The summed E-state index contributed by atoms with van der Waals surface area (Å²) >= 11 is 7.31. The molecule has 0 unspecified atom stereocenters. The van der Waals surface area contributed by atoms with Gasteiger partial charge < -0.3 is 20.3 Å². The second-order valence-electron chi connectivity index (χ2n) is 6.44. The zero-order valence-corrected chi connectivity index (χ0v) is 16.9. The maximum absolute atomic E-state index is 5.50. The monoisotopic (exact) mass is 390 g/mol. The maximum atomic E-state index is 5.50. The molecule has 1 aromatic heterocycles. The third-order valence-electron chi connectivity index (χ3n) is 4.63.